The van der Waals surface area contributed by atoms with E-state index in [9.17, 15) is 4.79 Å². The fourth-order valence-corrected chi connectivity index (χ4v) is 1.37. The number of para-hydroxylation sites is 1. The van der Waals surface area contributed by atoms with Crippen molar-refractivity contribution in [3.63, 3.8) is 0 Å². The van der Waals surface area contributed by atoms with Gasteiger partial charge in [-0.1, -0.05) is 12.1 Å². The smallest absolute Gasteiger partial charge is 0.262 e. The van der Waals surface area contributed by atoms with Crippen LogP contribution in [0.1, 0.15) is 5.56 Å². The van der Waals surface area contributed by atoms with E-state index in [2.05, 4.69) is 10.2 Å². The maximum Gasteiger partial charge on any atom is 0.262 e. The third-order valence-corrected chi connectivity index (χ3v) is 1.97. The average molecular weight is 194 g/mol. The number of ether oxygens (including phenoxy) is 1. The first kappa shape index (κ1) is 8.98. The molecule has 2 rings (SSSR count). The van der Waals surface area contributed by atoms with Gasteiger partial charge in [0.1, 0.15) is 5.75 Å². The molecule has 0 aliphatic carbocycles. The lowest BCUT2D eigenvalue weighted by molar-refractivity contribution is -0.118. The minimum Gasteiger partial charge on any atom is -0.482 e. The Hall–Kier alpha value is -1.59. The maximum absolute atomic E-state index is 11.1. The van der Waals surface area contributed by atoms with E-state index in [1.807, 2.05) is 12.1 Å². The monoisotopic (exact) mass is 194 g/mol. The zero-order chi connectivity index (χ0) is 9.97. The van der Waals surface area contributed by atoms with Crippen molar-refractivity contribution >= 4 is 11.6 Å². The maximum atomic E-state index is 11.1. The summed E-state index contributed by atoms with van der Waals surface area (Å²) in [5.41, 5.74) is 1.45. The van der Waals surface area contributed by atoms with Gasteiger partial charge >= 0.3 is 0 Å². The highest BCUT2D eigenvalue weighted by molar-refractivity contribution is 5.96. The molecule has 1 aromatic rings. The van der Waals surface area contributed by atoms with Gasteiger partial charge in [0.15, 0.2) is 6.61 Å². The second-order valence-corrected chi connectivity index (χ2v) is 2.94. The lowest BCUT2D eigenvalue weighted by Gasteiger charge is -2.20. The van der Waals surface area contributed by atoms with Gasteiger partial charge in [0, 0.05) is 5.56 Å². The van der Waals surface area contributed by atoms with Gasteiger partial charge in [0.05, 0.1) is 12.3 Å². The van der Waals surface area contributed by atoms with E-state index in [0.717, 1.165) is 5.56 Å². The van der Waals surface area contributed by atoms with Gasteiger partial charge in [-0.2, -0.15) is 0 Å². The number of nitrogens with two attached hydrogens (primary N) is 1. The van der Waals surface area contributed by atoms with E-state index in [1.54, 1.807) is 6.07 Å². The lowest BCUT2D eigenvalue weighted by atomic mass is 10.1. The molecule has 0 spiro atoms. The second-order valence-electron chi connectivity index (χ2n) is 2.94. The number of carbonyl (C=O) groups is 1. The van der Waals surface area contributed by atoms with Crippen molar-refractivity contribution in [3.8, 4) is 5.75 Å². The second kappa shape index (κ2) is 3.65. The normalized spacial score (nSPS) is 14.2. The standard InChI is InChI=1S/C9H10N2O3/c10-14-4-6-2-1-3-7-9(6)11-8(12)5-13-7/h1-3H,4-5,10H2,(H,11,12). The van der Waals surface area contributed by atoms with E-state index >= 15 is 0 Å². The van der Waals surface area contributed by atoms with Gasteiger partial charge in [-0.15, -0.1) is 0 Å². The van der Waals surface area contributed by atoms with E-state index < -0.39 is 0 Å². The minimum absolute atomic E-state index is 0.0555. The van der Waals surface area contributed by atoms with Crippen molar-refractivity contribution in [2.75, 3.05) is 11.9 Å². The molecule has 0 saturated carbocycles. The summed E-state index contributed by atoms with van der Waals surface area (Å²) in [6.45, 7) is 0.298. The van der Waals surface area contributed by atoms with Crippen molar-refractivity contribution in [1.29, 1.82) is 0 Å². The van der Waals surface area contributed by atoms with Crippen LogP contribution in [0.5, 0.6) is 5.75 Å². The van der Waals surface area contributed by atoms with Crippen LogP contribution in [0.3, 0.4) is 0 Å². The summed E-state index contributed by atoms with van der Waals surface area (Å²) < 4.78 is 5.21. The summed E-state index contributed by atoms with van der Waals surface area (Å²) in [7, 11) is 0. The molecular weight excluding hydrogens is 184 g/mol. The van der Waals surface area contributed by atoms with E-state index in [1.165, 1.54) is 0 Å². The van der Waals surface area contributed by atoms with Crippen molar-refractivity contribution in [3.05, 3.63) is 23.8 Å². The predicted octanol–water partition coefficient (Wildman–Crippen LogP) is 0.408. The van der Waals surface area contributed by atoms with Crippen LogP contribution in [0.25, 0.3) is 0 Å². The highest BCUT2D eigenvalue weighted by Crippen LogP contribution is 2.31. The Labute approximate surface area is 80.8 Å². The van der Waals surface area contributed by atoms with Gasteiger partial charge in [-0.25, -0.2) is 5.90 Å². The zero-order valence-electron chi connectivity index (χ0n) is 7.45. The van der Waals surface area contributed by atoms with Crippen molar-refractivity contribution in [2.24, 2.45) is 5.90 Å². The number of hydrogen-bond acceptors (Lipinski definition) is 4. The van der Waals surface area contributed by atoms with Crippen LogP contribution < -0.4 is 16.0 Å². The molecule has 1 amide bonds. The lowest BCUT2D eigenvalue weighted by Crippen LogP contribution is -2.26. The molecule has 1 heterocycles. The SMILES string of the molecule is NOCc1cccc2c1NC(=O)CO2. The molecule has 1 aromatic carbocycles. The van der Waals surface area contributed by atoms with Crippen LogP contribution >= 0.6 is 0 Å². The van der Waals surface area contributed by atoms with Crippen LogP contribution in [-0.2, 0) is 16.2 Å². The molecule has 0 saturated heterocycles. The molecule has 0 atom stereocenters. The molecule has 5 heteroatoms. The summed E-state index contributed by atoms with van der Waals surface area (Å²) in [5, 5.41) is 2.71. The van der Waals surface area contributed by atoms with Crippen LogP contribution in [0.4, 0.5) is 5.69 Å². The largest absolute Gasteiger partial charge is 0.482 e. The van der Waals surface area contributed by atoms with Gasteiger partial charge in [0.25, 0.3) is 5.91 Å². The Bertz CT molecular complexity index is 365. The van der Waals surface area contributed by atoms with Crippen molar-refractivity contribution < 1.29 is 14.4 Å². The summed E-state index contributed by atoms with van der Waals surface area (Å²) in [5.74, 6) is 5.46. The first-order valence-corrected chi connectivity index (χ1v) is 4.17. The molecule has 74 valence electrons. The third kappa shape index (κ3) is 1.55. The first-order valence-electron chi connectivity index (χ1n) is 4.17. The highest BCUT2D eigenvalue weighted by Gasteiger charge is 2.18. The average Bonchev–Trinajstić information content (AvgIpc) is 2.19. The summed E-state index contributed by atoms with van der Waals surface area (Å²) in [6, 6.07) is 5.43. The molecule has 0 aromatic heterocycles. The number of benzene rings is 1. The number of anilines is 1. The van der Waals surface area contributed by atoms with Crippen LogP contribution in [0.15, 0.2) is 18.2 Å². The fraction of sp³-hybridized carbons (Fsp3) is 0.222. The fourth-order valence-electron chi connectivity index (χ4n) is 1.37. The third-order valence-electron chi connectivity index (χ3n) is 1.97. The molecule has 5 nitrogen and oxygen atoms in total. The summed E-state index contributed by atoms with van der Waals surface area (Å²) in [4.78, 5) is 15.6. The first-order chi connectivity index (χ1) is 6.81. The van der Waals surface area contributed by atoms with Crippen LogP contribution in [0, 0.1) is 0 Å². The summed E-state index contributed by atoms with van der Waals surface area (Å²) >= 11 is 0. The Morgan fingerprint density at radius 1 is 1.57 bits per heavy atom. The number of nitrogens with one attached hydrogen (secondary N) is 1. The van der Waals surface area contributed by atoms with Crippen LogP contribution in [0.2, 0.25) is 0 Å². The van der Waals surface area contributed by atoms with Crippen molar-refractivity contribution in [2.45, 2.75) is 6.61 Å². The number of fused-ring (bicyclic) bond motifs is 1. The van der Waals surface area contributed by atoms with Gasteiger partial charge in [-0.05, 0) is 6.07 Å². The Kier molecular flexibility index (Phi) is 2.34. The van der Waals surface area contributed by atoms with E-state index in [4.69, 9.17) is 10.6 Å². The van der Waals surface area contributed by atoms with Gasteiger partial charge < -0.3 is 10.1 Å². The topological polar surface area (TPSA) is 73.6 Å². The molecule has 14 heavy (non-hydrogen) atoms. The highest BCUT2D eigenvalue weighted by atomic mass is 16.6. The number of carbonyl (C=O) groups excluding carboxylic acids is 1. The van der Waals surface area contributed by atoms with Crippen molar-refractivity contribution in [1.82, 2.24) is 0 Å². The molecular formula is C9H10N2O3. The summed E-state index contributed by atoms with van der Waals surface area (Å²) in [6.07, 6.45) is 0. The molecule has 0 unspecified atom stereocenters. The van der Waals surface area contributed by atoms with E-state index in [0.29, 0.717) is 11.4 Å². The number of hydrogen-bond donors (Lipinski definition) is 2. The number of amides is 1. The Morgan fingerprint density at radius 3 is 3.21 bits per heavy atom. The Balaban J connectivity index is 2.38. The minimum atomic E-state index is -0.165. The molecule has 3 N–H and O–H groups in total. The molecule has 1 aliphatic heterocycles. The zero-order valence-corrected chi connectivity index (χ0v) is 7.45. The number of rotatable bonds is 2. The Morgan fingerprint density at radius 2 is 2.43 bits per heavy atom. The quantitative estimate of drug-likeness (QED) is 0.668. The van der Waals surface area contributed by atoms with Gasteiger partial charge in [-0.3, -0.25) is 9.63 Å². The molecule has 0 radical (unpaired) electrons. The molecule has 1 aliphatic rings. The molecule has 0 bridgehead atoms. The van der Waals surface area contributed by atoms with E-state index in [-0.39, 0.29) is 19.1 Å². The van der Waals surface area contributed by atoms with Crippen LogP contribution in [-0.4, -0.2) is 12.5 Å². The predicted molar refractivity (Wildman–Crippen MR) is 49.5 cm³/mol. The molecule has 0 fully saturated rings. The van der Waals surface area contributed by atoms with Gasteiger partial charge in [0.2, 0.25) is 0 Å².